The van der Waals surface area contributed by atoms with Crippen LogP contribution in [0.25, 0.3) is 0 Å². The molecule has 1 saturated heterocycles. The molecule has 0 radical (unpaired) electrons. The van der Waals surface area contributed by atoms with Crippen LogP contribution in [0.2, 0.25) is 0 Å². The van der Waals surface area contributed by atoms with Gasteiger partial charge in [0.2, 0.25) is 0 Å². The van der Waals surface area contributed by atoms with Crippen molar-refractivity contribution in [1.29, 1.82) is 0 Å². The molecule has 1 aliphatic heterocycles. The maximum Gasteiger partial charge on any atom is 0.194 e. The van der Waals surface area contributed by atoms with Crippen LogP contribution in [-0.4, -0.2) is 53.4 Å². The van der Waals surface area contributed by atoms with E-state index in [1.165, 1.54) is 6.42 Å². The van der Waals surface area contributed by atoms with Crippen LogP contribution >= 0.6 is 24.0 Å². The summed E-state index contributed by atoms with van der Waals surface area (Å²) in [7, 11) is 1.93. The van der Waals surface area contributed by atoms with Gasteiger partial charge in [-0.3, -0.25) is 9.67 Å². The number of nitrogens with zero attached hydrogens (tertiary/aromatic N) is 4. The van der Waals surface area contributed by atoms with Crippen molar-refractivity contribution < 1.29 is 4.74 Å². The zero-order valence-corrected chi connectivity index (χ0v) is 17.7. The lowest BCUT2D eigenvalue weighted by Crippen LogP contribution is -2.48. The molecule has 0 aliphatic carbocycles. The molecule has 7 heteroatoms. The van der Waals surface area contributed by atoms with Crippen molar-refractivity contribution in [2.24, 2.45) is 18.0 Å². The number of guanidine groups is 1. The van der Waals surface area contributed by atoms with Gasteiger partial charge in [-0.2, -0.15) is 5.10 Å². The van der Waals surface area contributed by atoms with Gasteiger partial charge in [-0.1, -0.05) is 13.8 Å². The number of hydrogen-bond acceptors (Lipinski definition) is 3. The molecule has 1 aromatic heterocycles. The van der Waals surface area contributed by atoms with Crippen LogP contribution in [0.5, 0.6) is 0 Å². The molecule has 1 atom stereocenters. The van der Waals surface area contributed by atoms with E-state index >= 15 is 0 Å². The second-order valence-corrected chi connectivity index (χ2v) is 6.52. The predicted octanol–water partition coefficient (Wildman–Crippen LogP) is 2.81. The first-order valence-electron chi connectivity index (χ1n) is 8.73. The van der Waals surface area contributed by atoms with E-state index in [4.69, 9.17) is 9.73 Å². The zero-order chi connectivity index (χ0) is 16.7. The Hall–Kier alpha value is -0.830. The van der Waals surface area contributed by atoms with Gasteiger partial charge in [0.25, 0.3) is 0 Å². The average molecular weight is 449 g/mol. The van der Waals surface area contributed by atoms with Crippen molar-refractivity contribution >= 4 is 29.9 Å². The molecule has 138 valence electrons. The number of aromatic nitrogens is 2. The summed E-state index contributed by atoms with van der Waals surface area (Å²) in [6.07, 6.45) is 6.35. The molecule has 1 N–H and O–H groups in total. The number of morpholine rings is 1. The van der Waals surface area contributed by atoms with Crippen molar-refractivity contribution in [3.8, 4) is 0 Å². The van der Waals surface area contributed by atoms with Crippen LogP contribution in [0, 0.1) is 5.92 Å². The molecule has 0 spiro atoms. The fourth-order valence-corrected chi connectivity index (χ4v) is 2.76. The maximum absolute atomic E-state index is 5.92. The van der Waals surface area contributed by atoms with Crippen molar-refractivity contribution in [2.75, 3.05) is 32.8 Å². The number of aryl methyl sites for hydroxylation is 1. The maximum atomic E-state index is 5.92. The lowest BCUT2D eigenvalue weighted by atomic mass is 10.1. The SMILES string of the molecule is CCNC(=NCCCC(C)C)N1CCOC(c2cnn(C)c2)C1.I. The predicted molar refractivity (Wildman–Crippen MR) is 109 cm³/mol. The normalized spacial score (nSPS) is 18.6. The van der Waals surface area contributed by atoms with Gasteiger partial charge in [0.1, 0.15) is 6.10 Å². The van der Waals surface area contributed by atoms with Gasteiger partial charge in [-0.05, 0) is 25.7 Å². The van der Waals surface area contributed by atoms with Gasteiger partial charge >= 0.3 is 0 Å². The van der Waals surface area contributed by atoms with Gasteiger partial charge in [0.15, 0.2) is 5.96 Å². The molecule has 0 saturated carbocycles. The second-order valence-electron chi connectivity index (χ2n) is 6.52. The third-order valence-electron chi connectivity index (χ3n) is 4.00. The minimum atomic E-state index is 0. The number of halogens is 1. The Morgan fingerprint density at radius 1 is 1.50 bits per heavy atom. The first kappa shape index (κ1) is 21.2. The molecule has 0 amide bonds. The van der Waals surface area contributed by atoms with E-state index in [2.05, 4.69) is 36.1 Å². The summed E-state index contributed by atoms with van der Waals surface area (Å²) in [5.41, 5.74) is 1.13. The highest BCUT2D eigenvalue weighted by Crippen LogP contribution is 2.21. The largest absolute Gasteiger partial charge is 0.370 e. The van der Waals surface area contributed by atoms with Gasteiger partial charge in [-0.15, -0.1) is 24.0 Å². The standard InChI is InChI=1S/C17H31N5O.HI/c1-5-18-17(19-8-6-7-14(2)3)22-9-10-23-16(13-22)15-11-20-21(4)12-15;/h11-12,14,16H,5-10,13H2,1-4H3,(H,18,19);1H. The Balaban J connectivity index is 0.00000288. The van der Waals surface area contributed by atoms with Gasteiger partial charge in [0, 0.05) is 38.4 Å². The summed E-state index contributed by atoms with van der Waals surface area (Å²) in [5.74, 6) is 1.75. The third kappa shape index (κ3) is 6.58. The van der Waals surface area contributed by atoms with Crippen LogP contribution in [0.1, 0.15) is 45.3 Å². The first-order valence-corrected chi connectivity index (χ1v) is 8.73. The Kier molecular flexibility index (Phi) is 9.65. The topological polar surface area (TPSA) is 54.7 Å². The Bertz CT molecular complexity index is 503. The fourth-order valence-electron chi connectivity index (χ4n) is 2.76. The minimum absolute atomic E-state index is 0. The quantitative estimate of drug-likeness (QED) is 0.314. The summed E-state index contributed by atoms with van der Waals surface area (Å²) < 4.78 is 7.74. The van der Waals surface area contributed by atoms with E-state index < -0.39 is 0 Å². The lowest BCUT2D eigenvalue weighted by Gasteiger charge is -2.34. The molecular formula is C17H32IN5O. The van der Waals surface area contributed by atoms with E-state index in [0.717, 1.165) is 56.6 Å². The van der Waals surface area contributed by atoms with E-state index in [9.17, 15) is 0 Å². The van der Waals surface area contributed by atoms with Crippen LogP contribution in [0.15, 0.2) is 17.4 Å². The number of hydrogen-bond donors (Lipinski definition) is 1. The minimum Gasteiger partial charge on any atom is -0.370 e. The molecule has 1 fully saturated rings. The summed E-state index contributed by atoms with van der Waals surface area (Å²) >= 11 is 0. The van der Waals surface area contributed by atoms with Crippen LogP contribution in [0.3, 0.4) is 0 Å². The summed E-state index contributed by atoms with van der Waals surface area (Å²) in [5, 5.41) is 7.66. The number of rotatable bonds is 6. The second kappa shape index (κ2) is 10.9. The molecule has 24 heavy (non-hydrogen) atoms. The van der Waals surface area contributed by atoms with Crippen molar-refractivity contribution in [2.45, 2.75) is 39.7 Å². The molecule has 2 heterocycles. The third-order valence-corrected chi connectivity index (χ3v) is 4.00. The van der Waals surface area contributed by atoms with Crippen LogP contribution in [-0.2, 0) is 11.8 Å². The molecule has 6 nitrogen and oxygen atoms in total. The molecule has 1 aromatic rings. The average Bonchev–Trinajstić information content (AvgIpc) is 2.97. The van der Waals surface area contributed by atoms with E-state index in [0.29, 0.717) is 0 Å². The van der Waals surface area contributed by atoms with Gasteiger partial charge < -0.3 is 15.0 Å². The molecule has 2 rings (SSSR count). The fraction of sp³-hybridized carbons (Fsp3) is 0.765. The summed E-state index contributed by atoms with van der Waals surface area (Å²) in [4.78, 5) is 7.10. The molecular weight excluding hydrogens is 417 g/mol. The van der Waals surface area contributed by atoms with Gasteiger partial charge in [0.05, 0.1) is 19.3 Å². The van der Waals surface area contributed by atoms with E-state index in [1.807, 2.05) is 24.1 Å². The number of ether oxygens (including phenoxy) is 1. The van der Waals surface area contributed by atoms with E-state index in [1.54, 1.807) is 0 Å². The summed E-state index contributed by atoms with van der Waals surface area (Å²) in [6, 6.07) is 0. The highest BCUT2D eigenvalue weighted by atomic mass is 127. The molecule has 1 aliphatic rings. The Morgan fingerprint density at radius 3 is 2.92 bits per heavy atom. The highest BCUT2D eigenvalue weighted by Gasteiger charge is 2.25. The monoisotopic (exact) mass is 449 g/mol. The Morgan fingerprint density at radius 2 is 2.29 bits per heavy atom. The molecule has 1 unspecified atom stereocenters. The van der Waals surface area contributed by atoms with Gasteiger partial charge in [-0.25, -0.2) is 0 Å². The van der Waals surface area contributed by atoms with Crippen molar-refractivity contribution in [1.82, 2.24) is 20.0 Å². The number of nitrogens with one attached hydrogen (secondary N) is 1. The smallest absolute Gasteiger partial charge is 0.194 e. The highest BCUT2D eigenvalue weighted by molar-refractivity contribution is 14.0. The van der Waals surface area contributed by atoms with E-state index in [-0.39, 0.29) is 30.1 Å². The zero-order valence-electron chi connectivity index (χ0n) is 15.4. The first-order chi connectivity index (χ1) is 11.1. The van der Waals surface area contributed by atoms with Crippen molar-refractivity contribution in [3.05, 3.63) is 18.0 Å². The molecule has 0 aromatic carbocycles. The van der Waals surface area contributed by atoms with Crippen LogP contribution in [0.4, 0.5) is 0 Å². The lowest BCUT2D eigenvalue weighted by molar-refractivity contribution is -0.00804. The molecule has 0 bridgehead atoms. The number of aliphatic imine (C=N–C) groups is 1. The van der Waals surface area contributed by atoms with Crippen molar-refractivity contribution in [3.63, 3.8) is 0 Å². The van der Waals surface area contributed by atoms with Crippen LogP contribution < -0.4 is 5.32 Å². The summed E-state index contributed by atoms with van der Waals surface area (Å²) in [6.45, 7) is 10.8. The Labute approximate surface area is 163 Å².